The van der Waals surface area contributed by atoms with E-state index in [1.54, 1.807) is 18.3 Å². The number of H-pyrrole nitrogens is 1. The van der Waals surface area contributed by atoms with Gasteiger partial charge in [0.15, 0.2) is 6.04 Å². The molecule has 1 aromatic heterocycles. The fourth-order valence-corrected chi connectivity index (χ4v) is 4.90. The molecule has 1 fully saturated rings. The van der Waals surface area contributed by atoms with Crippen LogP contribution in [0.1, 0.15) is 30.9 Å². The van der Waals surface area contributed by atoms with Crippen LogP contribution >= 0.6 is 0 Å². The number of aromatic nitrogens is 1. The third-order valence-corrected chi connectivity index (χ3v) is 7.16. The molecule has 0 bridgehead atoms. The minimum absolute atomic E-state index is 0.0147. The molecule has 41 heavy (non-hydrogen) atoms. The molecule has 3 aromatic rings. The normalized spacial score (nSPS) is 17.8. The summed E-state index contributed by atoms with van der Waals surface area (Å²) in [4.78, 5) is 54.8. The average molecular weight is 566 g/mol. The molecule has 0 saturated carbocycles. The van der Waals surface area contributed by atoms with Crippen LogP contribution in [0.4, 0.5) is 0 Å². The number of hydrogen-bond donors (Lipinski definition) is 8. The van der Waals surface area contributed by atoms with Crippen LogP contribution in [0, 0.1) is 0 Å². The van der Waals surface area contributed by atoms with E-state index >= 15 is 0 Å². The molecule has 4 rings (SSSR count). The number of phenolic OH excluding ortho intramolecular Hbond substituents is 1. The Morgan fingerprint density at radius 3 is 2.29 bits per heavy atom. The lowest BCUT2D eigenvalue weighted by molar-refractivity contribution is -0.145. The number of aromatic amines is 1. The van der Waals surface area contributed by atoms with Crippen molar-refractivity contribution in [3.63, 3.8) is 0 Å². The van der Waals surface area contributed by atoms with Crippen LogP contribution in [0.25, 0.3) is 10.9 Å². The van der Waals surface area contributed by atoms with Crippen molar-refractivity contribution in [2.24, 2.45) is 0 Å². The van der Waals surface area contributed by atoms with E-state index in [1.807, 2.05) is 24.3 Å². The highest BCUT2D eigenvalue weighted by atomic mass is 16.4. The predicted octanol–water partition coefficient (Wildman–Crippen LogP) is 0.331. The first kappa shape index (κ1) is 29.6. The number of carbonyl (C=O) groups is 4. The molecule has 2 heterocycles. The number of rotatable bonds is 12. The zero-order valence-corrected chi connectivity index (χ0v) is 22.6. The molecule has 12 heteroatoms. The van der Waals surface area contributed by atoms with Gasteiger partial charge in [0.05, 0.1) is 12.1 Å². The average Bonchev–Trinajstić information content (AvgIpc) is 3.62. The third kappa shape index (κ3) is 7.62. The first-order valence-electron chi connectivity index (χ1n) is 13.5. The number of carboxylic acid groups (broad SMARTS) is 1. The summed E-state index contributed by atoms with van der Waals surface area (Å²) in [6.45, 7) is 1.93. The lowest BCUT2D eigenvalue weighted by Gasteiger charge is -2.26. The molecule has 2 aromatic carbocycles. The Kier molecular flexibility index (Phi) is 9.58. The molecule has 1 saturated heterocycles. The summed E-state index contributed by atoms with van der Waals surface area (Å²) in [6, 6.07) is 9.21. The van der Waals surface area contributed by atoms with Gasteiger partial charge in [-0.3, -0.25) is 14.4 Å². The summed E-state index contributed by atoms with van der Waals surface area (Å²) < 4.78 is 0. The molecular weight excluding hydrogens is 530 g/mol. The molecule has 0 spiro atoms. The maximum absolute atomic E-state index is 13.7. The van der Waals surface area contributed by atoms with E-state index in [9.17, 15) is 34.5 Å². The number of aliphatic hydroxyl groups is 1. The second kappa shape index (κ2) is 13.3. The van der Waals surface area contributed by atoms with Gasteiger partial charge in [0, 0.05) is 29.9 Å². The number of carbonyl (C=O) groups excluding carboxylic acids is 3. The minimum Gasteiger partial charge on any atom is -0.508 e. The Labute approximate surface area is 236 Å². The number of benzene rings is 2. The Balaban J connectivity index is 1.59. The molecule has 0 radical (unpaired) electrons. The van der Waals surface area contributed by atoms with Gasteiger partial charge < -0.3 is 41.6 Å². The van der Waals surface area contributed by atoms with E-state index in [0.717, 1.165) is 22.9 Å². The smallest absolute Gasteiger partial charge is 0.328 e. The van der Waals surface area contributed by atoms with Crippen LogP contribution in [-0.2, 0) is 32.0 Å². The summed E-state index contributed by atoms with van der Waals surface area (Å²) in [5.74, 6) is -3.21. The number of phenols is 1. The van der Waals surface area contributed by atoms with Gasteiger partial charge in [-0.05, 0) is 55.6 Å². The first-order valence-corrected chi connectivity index (χ1v) is 13.5. The Morgan fingerprint density at radius 1 is 0.951 bits per heavy atom. The number of carboxylic acids is 1. The highest BCUT2D eigenvalue weighted by Crippen LogP contribution is 2.20. The molecule has 0 aliphatic carbocycles. The molecule has 1 aliphatic rings. The lowest BCUT2D eigenvalue weighted by atomic mass is 10.0. The maximum Gasteiger partial charge on any atom is 0.328 e. The van der Waals surface area contributed by atoms with Crippen molar-refractivity contribution in [1.82, 2.24) is 26.3 Å². The van der Waals surface area contributed by atoms with Gasteiger partial charge in [0.2, 0.25) is 17.7 Å². The van der Waals surface area contributed by atoms with E-state index in [0.29, 0.717) is 18.5 Å². The maximum atomic E-state index is 13.7. The fraction of sp³-hybridized carbons (Fsp3) is 0.379. The summed E-state index contributed by atoms with van der Waals surface area (Å²) in [7, 11) is 0. The second-order valence-electron chi connectivity index (χ2n) is 10.3. The van der Waals surface area contributed by atoms with Crippen LogP contribution in [0.2, 0.25) is 0 Å². The summed E-state index contributed by atoms with van der Waals surface area (Å²) >= 11 is 0. The first-order chi connectivity index (χ1) is 19.6. The van der Waals surface area contributed by atoms with Crippen molar-refractivity contribution < 1.29 is 34.5 Å². The molecule has 218 valence electrons. The van der Waals surface area contributed by atoms with Crippen molar-refractivity contribution in [2.45, 2.75) is 62.9 Å². The van der Waals surface area contributed by atoms with Gasteiger partial charge in [-0.1, -0.05) is 30.3 Å². The van der Waals surface area contributed by atoms with Crippen LogP contribution in [0.15, 0.2) is 54.7 Å². The molecule has 1 aliphatic heterocycles. The Bertz CT molecular complexity index is 1380. The minimum atomic E-state index is -1.60. The summed E-state index contributed by atoms with van der Waals surface area (Å²) in [5.41, 5.74) is 2.24. The molecule has 5 unspecified atom stereocenters. The number of aliphatic hydroxyl groups excluding tert-OH is 1. The van der Waals surface area contributed by atoms with Crippen molar-refractivity contribution in [1.29, 1.82) is 0 Å². The largest absolute Gasteiger partial charge is 0.508 e. The number of aliphatic carboxylic acids is 1. The van der Waals surface area contributed by atoms with Crippen LogP contribution in [0.5, 0.6) is 5.75 Å². The van der Waals surface area contributed by atoms with Crippen molar-refractivity contribution in [2.75, 3.05) is 6.54 Å². The van der Waals surface area contributed by atoms with Gasteiger partial charge in [0.1, 0.15) is 17.8 Å². The molecule has 3 amide bonds. The van der Waals surface area contributed by atoms with E-state index in [-0.39, 0.29) is 24.5 Å². The molecule has 12 nitrogen and oxygen atoms in total. The quantitative estimate of drug-likeness (QED) is 0.154. The summed E-state index contributed by atoms with van der Waals surface area (Å²) in [6.07, 6.45) is 1.94. The lowest BCUT2D eigenvalue weighted by Crippen LogP contribution is -2.59. The van der Waals surface area contributed by atoms with Crippen LogP contribution in [0.3, 0.4) is 0 Å². The highest BCUT2D eigenvalue weighted by Gasteiger charge is 2.33. The fourth-order valence-electron chi connectivity index (χ4n) is 4.90. The van der Waals surface area contributed by atoms with Gasteiger partial charge in [-0.25, -0.2) is 4.79 Å². The van der Waals surface area contributed by atoms with Crippen molar-refractivity contribution in [3.05, 3.63) is 65.9 Å². The highest BCUT2D eigenvalue weighted by molar-refractivity contribution is 5.95. The number of nitrogens with one attached hydrogen (secondary N) is 5. The summed E-state index contributed by atoms with van der Waals surface area (Å²) in [5, 5.41) is 40.8. The topological polar surface area (TPSA) is 193 Å². The number of amides is 3. The molecule has 5 atom stereocenters. The van der Waals surface area contributed by atoms with Gasteiger partial charge >= 0.3 is 5.97 Å². The van der Waals surface area contributed by atoms with E-state index < -0.39 is 48.1 Å². The zero-order valence-electron chi connectivity index (χ0n) is 22.6. The SMILES string of the molecule is CC(O)C(NC(=O)C(Cc1ccc(O)cc1)NC(=O)C(Cc1c[nH]c2ccccc12)NC(=O)C1CCCN1)C(=O)O. The van der Waals surface area contributed by atoms with Gasteiger partial charge in [0.25, 0.3) is 0 Å². The standard InChI is InChI=1S/C29H35N5O7/c1-16(35)25(29(40)41)34-28(39)23(13-17-8-10-19(36)11-9-17)32-27(38)24(33-26(37)22-7-4-12-30-22)14-18-15-31-21-6-3-2-5-20(18)21/h2-3,5-6,8-11,15-16,22-25,30-31,35-36H,4,7,12-14H2,1H3,(H,32,38)(H,33,37)(H,34,39)(H,40,41). The second-order valence-corrected chi connectivity index (χ2v) is 10.3. The molecule has 8 N–H and O–H groups in total. The van der Waals surface area contributed by atoms with E-state index in [4.69, 9.17) is 0 Å². The molecular formula is C29H35N5O7. The zero-order chi connectivity index (χ0) is 29.5. The van der Waals surface area contributed by atoms with Gasteiger partial charge in [-0.15, -0.1) is 0 Å². The van der Waals surface area contributed by atoms with Crippen molar-refractivity contribution in [3.8, 4) is 5.75 Å². The van der Waals surface area contributed by atoms with Gasteiger partial charge in [-0.2, -0.15) is 0 Å². The van der Waals surface area contributed by atoms with E-state index in [1.165, 1.54) is 19.1 Å². The third-order valence-electron chi connectivity index (χ3n) is 7.16. The van der Waals surface area contributed by atoms with Crippen molar-refractivity contribution >= 4 is 34.6 Å². The number of aromatic hydroxyl groups is 1. The van der Waals surface area contributed by atoms with Crippen LogP contribution < -0.4 is 21.3 Å². The Morgan fingerprint density at radius 2 is 1.63 bits per heavy atom. The predicted molar refractivity (Wildman–Crippen MR) is 150 cm³/mol. The monoisotopic (exact) mass is 565 g/mol. The van der Waals surface area contributed by atoms with Crippen LogP contribution in [-0.4, -0.2) is 80.8 Å². The number of hydrogen-bond acceptors (Lipinski definition) is 7. The number of para-hydroxylation sites is 1. The number of fused-ring (bicyclic) bond motifs is 1. The van der Waals surface area contributed by atoms with E-state index in [2.05, 4.69) is 26.3 Å². The Hall–Kier alpha value is -4.42.